The zero-order chi connectivity index (χ0) is 15.1. The fraction of sp³-hybridized carbons (Fsp3) is 0.706. The molecule has 21 heavy (non-hydrogen) atoms. The van der Waals surface area contributed by atoms with E-state index < -0.39 is 0 Å². The van der Waals surface area contributed by atoms with Gasteiger partial charge in [-0.05, 0) is 43.7 Å². The average molecular weight is 291 g/mol. The Morgan fingerprint density at radius 1 is 1.43 bits per heavy atom. The van der Waals surface area contributed by atoms with Crippen molar-refractivity contribution in [3.63, 3.8) is 0 Å². The van der Waals surface area contributed by atoms with Crippen molar-refractivity contribution in [1.29, 1.82) is 0 Å². The lowest BCUT2D eigenvalue weighted by Crippen LogP contribution is -2.40. The summed E-state index contributed by atoms with van der Waals surface area (Å²) < 4.78 is 5.89. The summed E-state index contributed by atoms with van der Waals surface area (Å²) in [6.45, 7) is 7.17. The average Bonchev–Trinajstić information content (AvgIpc) is 2.53. The molecule has 2 heterocycles. The monoisotopic (exact) mass is 291 g/mol. The van der Waals surface area contributed by atoms with E-state index in [0.717, 1.165) is 44.8 Å². The van der Waals surface area contributed by atoms with Crippen LogP contribution in [-0.2, 0) is 11.2 Å². The molecule has 0 amide bonds. The van der Waals surface area contributed by atoms with Gasteiger partial charge in [0.1, 0.15) is 5.82 Å². The van der Waals surface area contributed by atoms with Gasteiger partial charge in [0.25, 0.3) is 0 Å². The summed E-state index contributed by atoms with van der Waals surface area (Å²) in [4.78, 5) is 6.96. The van der Waals surface area contributed by atoms with E-state index in [0.29, 0.717) is 6.10 Å². The second kappa shape index (κ2) is 8.35. The number of piperidine rings is 1. The third kappa shape index (κ3) is 4.97. The molecule has 2 atom stereocenters. The molecule has 2 unspecified atom stereocenters. The summed E-state index contributed by atoms with van der Waals surface area (Å²) in [5.74, 6) is 1.06. The largest absolute Gasteiger partial charge is 0.376 e. The van der Waals surface area contributed by atoms with Gasteiger partial charge in [-0.15, -0.1) is 0 Å². The Labute approximate surface area is 128 Å². The molecule has 2 N–H and O–H groups in total. The van der Waals surface area contributed by atoms with Crippen molar-refractivity contribution in [2.75, 3.05) is 24.6 Å². The van der Waals surface area contributed by atoms with Crippen LogP contribution in [0.3, 0.4) is 0 Å². The first-order valence-electron chi connectivity index (χ1n) is 8.30. The van der Waals surface area contributed by atoms with Gasteiger partial charge in [-0.3, -0.25) is 0 Å². The van der Waals surface area contributed by atoms with Crippen LogP contribution in [0.4, 0.5) is 5.82 Å². The summed E-state index contributed by atoms with van der Waals surface area (Å²) in [6, 6.07) is 4.52. The Balaban J connectivity index is 1.91. The molecule has 1 aliphatic heterocycles. The fourth-order valence-electron chi connectivity index (χ4n) is 2.74. The van der Waals surface area contributed by atoms with Gasteiger partial charge < -0.3 is 15.4 Å². The van der Waals surface area contributed by atoms with E-state index >= 15 is 0 Å². The quantitative estimate of drug-likeness (QED) is 0.839. The highest BCUT2D eigenvalue weighted by molar-refractivity contribution is 5.40. The van der Waals surface area contributed by atoms with Crippen molar-refractivity contribution in [2.24, 2.45) is 5.73 Å². The minimum Gasteiger partial charge on any atom is -0.376 e. The number of hydrogen-bond donors (Lipinski definition) is 1. The van der Waals surface area contributed by atoms with Gasteiger partial charge in [-0.2, -0.15) is 0 Å². The molecule has 4 nitrogen and oxygen atoms in total. The number of nitrogens with zero attached hydrogens (tertiary/aromatic N) is 2. The third-order valence-corrected chi connectivity index (χ3v) is 4.09. The van der Waals surface area contributed by atoms with E-state index in [-0.39, 0.29) is 6.04 Å². The molecule has 0 radical (unpaired) electrons. The maximum atomic E-state index is 6.00. The minimum absolute atomic E-state index is 0.236. The van der Waals surface area contributed by atoms with Gasteiger partial charge in [0.2, 0.25) is 0 Å². The smallest absolute Gasteiger partial charge is 0.128 e. The highest BCUT2D eigenvalue weighted by Crippen LogP contribution is 2.20. The van der Waals surface area contributed by atoms with Crippen molar-refractivity contribution in [1.82, 2.24) is 4.98 Å². The van der Waals surface area contributed by atoms with Gasteiger partial charge in [-0.25, -0.2) is 4.98 Å². The number of aromatic nitrogens is 1. The van der Waals surface area contributed by atoms with Crippen LogP contribution in [0.5, 0.6) is 0 Å². The summed E-state index contributed by atoms with van der Waals surface area (Å²) in [5.41, 5.74) is 7.22. The second-order valence-electron chi connectivity index (χ2n) is 5.98. The molecule has 0 bridgehead atoms. The van der Waals surface area contributed by atoms with Crippen LogP contribution in [0, 0.1) is 0 Å². The van der Waals surface area contributed by atoms with Gasteiger partial charge in [0.15, 0.2) is 0 Å². The first-order valence-corrected chi connectivity index (χ1v) is 8.30. The summed E-state index contributed by atoms with van der Waals surface area (Å²) >= 11 is 0. The zero-order valence-electron chi connectivity index (χ0n) is 13.4. The highest BCUT2D eigenvalue weighted by Gasteiger charge is 2.21. The SMILES string of the molecule is CCCOC1CCCN(c2ccc(CC(N)CC)cn2)C1. The van der Waals surface area contributed by atoms with Gasteiger partial charge >= 0.3 is 0 Å². The molecule has 0 spiro atoms. The number of pyridine rings is 1. The maximum absolute atomic E-state index is 6.00. The molecule has 1 saturated heterocycles. The second-order valence-corrected chi connectivity index (χ2v) is 5.98. The number of hydrogen-bond acceptors (Lipinski definition) is 4. The van der Waals surface area contributed by atoms with Crippen LogP contribution < -0.4 is 10.6 Å². The molecule has 1 fully saturated rings. The van der Waals surface area contributed by atoms with Crippen molar-refractivity contribution in [2.45, 2.75) is 58.1 Å². The molecule has 0 saturated carbocycles. The predicted octanol–water partition coefficient (Wildman–Crippen LogP) is 2.76. The molecule has 1 aliphatic rings. The fourth-order valence-corrected chi connectivity index (χ4v) is 2.74. The lowest BCUT2D eigenvalue weighted by molar-refractivity contribution is 0.0439. The van der Waals surface area contributed by atoms with Crippen LogP contribution in [0.1, 0.15) is 45.1 Å². The first-order chi connectivity index (χ1) is 10.2. The third-order valence-electron chi connectivity index (χ3n) is 4.09. The van der Waals surface area contributed by atoms with Crippen LogP contribution >= 0.6 is 0 Å². The van der Waals surface area contributed by atoms with Crippen molar-refractivity contribution < 1.29 is 4.74 Å². The van der Waals surface area contributed by atoms with Crippen LogP contribution in [0.15, 0.2) is 18.3 Å². The number of anilines is 1. The molecule has 1 aromatic heterocycles. The molecule has 118 valence electrons. The number of nitrogens with two attached hydrogens (primary N) is 1. The molecule has 4 heteroatoms. The normalized spacial score (nSPS) is 20.5. The van der Waals surface area contributed by atoms with E-state index in [1.54, 1.807) is 0 Å². The minimum atomic E-state index is 0.236. The Hall–Kier alpha value is -1.13. The molecule has 0 aromatic carbocycles. The van der Waals surface area contributed by atoms with Crippen LogP contribution in [-0.4, -0.2) is 36.8 Å². The van der Waals surface area contributed by atoms with Crippen molar-refractivity contribution >= 4 is 5.82 Å². The van der Waals surface area contributed by atoms with Crippen molar-refractivity contribution in [3.8, 4) is 0 Å². The standard InChI is InChI=1S/C17H29N3O/c1-3-10-21-16-6-5-9-20(13-16)17-8-7-14(12-19-17)11-15(18)4-2/h7-8,12,15-16H,3-6,9-11,13,18H2,1-2H3. The van der Waals surface area contributed by atoms with E-state index in [2.05, 4.69) is 35.9 Å². The molecular formula is C17H29N3O. The maximum Gasteiger partial charge on any atom is 0.128 e. The van der Waals surface area contributed by atoms with Gasteiger partial charge in [0, 0.05) is 31.9 Å². The molecule has 2 rings (SSSR count). The summed E-state index contributed by atoms with van der Waals surface area (Å²) in [6.07, 6.45) is 7.67. The Morgan fingerprint density at radius 3 is 2.95 bits per heavy atom. The lowest BCUT2D eigenvalue weighted by atomic mass is 10.1. The van der Waals surface area contributed by atoms with Crippen LogP contribution in [0.25, 0.3) is 0 Å². The van der Waals surface area contributed by atoms with Gasteiger partial charge in [0.05, 0.1) is 6.10 Å². The lowest BCUT2D eigenvalue weighted by Gasteiger charge is -2.33. The summed E-state index contributed by atoms with van der Waals surface area (Å²) in [5, 5.41) is 0. The Kier molecular flexibility index (Phi) is 6.46. The number of rotatable bonds is 7. The molecule has 1 aromatic rings. The Morgan fingerprint density at radius 2 is 2.29 bits per heavy atom. The van der Waals surface area contributed by atoms with E-state index in [1.165, 1.54) is 18.4 Å². The number of ether oxygens (including phenoxy) is 1. The zero-order valence-corrected chi connectivity index (χ0v) is 13.4. The van der Waals surface area contributed by atoms with E-state index in [9.17, 15) is 0 Å². The van der Waals surface area contributed by atoms with Crippen LogP contribution in [0.2, 0.25) is 0 Å². The Bertz CT molecular complexity index is 407. The van der Waals surface area contributed by atoms with E-state index in [1.807, 2.05) is 6.20 Å². The highest BCUT2D eigenvalue weighted by atomic mass is 16.5. The van der Waals surface area contributed by atoms with Gasteiger partial charge in [-0.1, -0.05) is 19.9 Å². The molecular weight excluding hydrogens is 262 g/mol. The van der Waals surface area contributed by atoms with E-state index in [4.69, 9.17) is 10.5 Å². The molecule has 0 aliphatic carbocycles. The first kappa shape index (κ1) is 16.2. The topological polar surface area (TPSA) is 51.4 Å². The summed E-state index contributed by atoms with van der Waals surface area (Å²) in [7, 11) is 0. The predicted molar refractivity (Wildman–Crippen MR) is 87.7 cm³/mol. The van der Waals surface area contributed by atoms with Crippen molar-refractivity contribution in [3.05, 3.63) is 23.9 Å².